The van der Waals surface area contributed by atoms with Gasteiger partial charge in [-0.2, -0.15) is 9.41 Å². The molecule has 8 nitrogen and oxygen atoms in total. The van der Waals surface area contributed by atoms with Gasteiger partial charge in [0, 0.05) is 31.5 Å². The minimum Gasteiger partial charge on any atom is -0.493 e. The maximum atomic E-state index is 12.9. The third-order valence-corrected chi connectivity index (χ3v) is 7.84. The number of carbonyl (C=O) groups excluding carboxylic acids is 1. The van der Waals surface area contributed by atoms with Gasteiger partial charge in [0.15, 0.2) is 11.5 Å². The Bertz CT molecular complexity index is 1110. The van der Waals surface area contributed by atoms with Crippen LogP contribution in [0.1, 0.15) is 31.2 Å². The first kappa shape index (κ1) is 22.3. The highest BCUT2D eigenvalue weighted by Gasteiger charge is 2.35. The van der Waals surface area contributed by atoms with Gasteiger partial charge in [0.25, 0.3) is 0 Å². The summed E-state index contributed by atoms with van der Waals surface area (Å²) in [5.41, 5.74) is 1.69. The van der Waals surface area contributed by atoms with Crippen LogP contribution >= 0.6 is 0 Å². The molecule has 0 unspecified atom stereocenters. The fourth-order valence-electron chi connectivity index (χ4n) is 4.15. The highest BCUT2D eigenvalue weighted by Crippen LogP contribution is 2.30. The Balaban J connectivity index is 1.50. The number of rotatable bonds is 6. The van der Waals surface area contributed by atoms with E-state index in [1.807, 2.05) is 18.2 Å². The van der Waals surface area contributed by atoms with E-state index in [0.717, 1.165) is 11.3 Å². The fourth-order valence-corrected chi connectivity index (χ4v) is 5.64. The molecule has 0 N–H and O–H groups in total. The molecule has 0 aliphatic carbocycles. The molecule has 0 aromatic heterocycles. The van der Waals surface area contributed by atoms with E-state index < -0.39 is 10.0 Å². The molecule has 0 atom stereocenters. The summed E-state index contributed by atoms with van der Waals surface area (Å²) in [7, 11) is -0.365. The SMILES string of the molecule is COc1ccc(C2=NN(C3CCN(S(=O)(=O)c4ccccc4)CC3)C(=O)CC2)cc1OC. The molecule has 2 aliphatic rings. The van der Waals surface area contributed by atoms with E-state index in [1.54, 1.807) is 49.6 Å². The van der Waals surface area contributed by atoms with Crippen molar-refractivity contribution in [1.29, 1.82) is 0 Å². The highest BCUT2D eigenvalue weighted by atomic mass is 32.2. The Morgan fingerprint density at radius 1 is 0.938 bits per heavy atom. The molecular formula is C23H27N3O5S. The van der Waals surface area contributed by atoms with Crippen molar-refractivity contribution in [2.24, 2.45) is 5.10 Å². The molecule has 0 bridgehead atoms. The number of benzene rings is 2. The van der Waals surface area contributed by atoms with Gasteiger partial charge in [-0.05, 0) is 43.2 Å². The summed E-state index contributed by atoms with van der Waals surface area (Å²) in [6.07, 6.45) is 2.00. The van der Waals surface area contributed by atoms with Gasteiger partial charge in [-0.1, -0.05) is 18.2 Å². The van der Waals surface area contributed by atoms with Gasteiger partial charge in [-0.25, -0.2) is 13.4 Å². The van der Waals surface area contributed by atoms with Gasteiger partial charge in [-0.3, -0.25) is 4.79 Å². The molecular weight excluding hydrogens is 430 g/mol. The van der Waals surface area contributed by atoms with E-state index in [0.29, 0.717) is 55.2 Å². The quantitative estimate of drug-likeness (QED) is 0.666. The van der Waals surface area contributed by atoms with Crippen molar-refractivity contribution < 1.29 is 22.7 Å². The van der Waals surface area contributed by atoms with Crippen LogP contribution in [0.4, 0.5) is 0 Å². The smallest absolute Gasteiger partial charge is 0.243 e. The number of nitrogens with zero attached hydrogens (tertiary/aromatic N) is 3. The lowest BCUT2D eigenvalue weighted by Crippen LogP contribution is -2.48. The van der Waals surface area contributed by atoms with Crippen LogP contribution in [-0.2, 0) is 14.8 Å². The normalized spacial score (nSPS) is 18.4. The third-order valence-electron chi connectivity index (χ3n) is 5.93. The molecule has 9 heteroatoms. The van der Waals surface area contributed by atoms with Crippen molar-refractivity contribution in [2.45, 2.75) is 36.6 Å². The molecule has 1 saturated heterocycles. The zero-order valence-electron chi connectivity index (χ0n) is 18.2. The van der Waals surface area contributed by atoms with Crippen LogP contribution in [0.25, 0.3) is 0 Å². The minimum absolute atomic E-state index is 0.0291. The lowest BCUT2D eigenvalue weighted by molar-refractivity contribution is -0.134. The molecule has 2 aromatic rings. The topological polar surface area (TPSA) is 88.5 Å². The van der Waals surface area contributed by atoms with Gasteiger partial charge < -0.3 is 9.47 Å². The van der Waals surface area contributed by atoms with Crippen molar-refractivity contribution >= 4 is 21.6 Å². The molecule has 32 heavy (non-hydrogen) atoms. The standard InChI is InChI=1S/C23H27N3O5S/c1-30-21-10-8-17(16-22(21)31-2)20-9-11-23(27)26(24-20)18-12-14-25(15-13-18)32(28,29)19-6-4-3-5-7-19/h3-8,10,16,18H,9,11-15H2,1-2H3. The number of sulfonamides is 1. The van der Waals surface area contributed by atoms with Crippen molar-refractivity contribution in [3.63, 3.8) is 0 Å². The Morgan fingerprint density at radius 2 is 1.62 bits per heavy atom. The first-order chi connectivity index (χ1) is 15.4. The van der Waals surface area contributed by atoms with Gasteiger partial charge in [-0.15, -0.1) is 0 Å². The Labute approximate surface area is 188 Å². The monoisotopic (exact) mass is 457 g/mol. The average molecular weight is 458 g/mol. The summed E-state index contributed by atoms with van der Waals surface area (Å²) in [5, 5.41) is 6.23. The van der Waals surface area contributed by atoms with Crippen LogP contribution in [-0.4, -0.2) is 62.7 Å². The van der Waals surface area contributed by atoms with E-state index in [2.05, 4.69) is 5.10 Å². The summed E-state index contributed by atoms with van der Waals surface area (Å²) < 4.78 is 37.9. The van der Waals surface area contributed by atoms with Crippen LogP contribution in [0.3, 0.4) is 0 Å². The van der Waals surface area contributed by atoms with Crippen LogP contribution in [0, 0.1) is 0 Å². The van der Waals surface area contributed by atoms with E-state index in [-0.39, 0.29) is 11.9 Å². The van der Waals surface area contributed by atoms with E-state index in [9.17, 15) is 13.2 Å². The molecule has 0 radical (unpaired) electrons. The number of methoxy groups -OCH3 is 2. The molecule has 0 spiro atoms. The van der Waals surface area contributed by atoms with Crippen LogP contribution < -0.4 is 9.47 Å². The zero-order chi connectivity index (χ0) is 22.7. The van der Waals surface area contributed by atoms with Crippen molar-refractivity contribution in [3.8, 4) is 11.5 Å². The zero-order valence-corrected chi connectivity index (χ0v) is 19.0. The maximum Gasteiger partial charge on any atom is 0.243 e. The predicted octanol–water partition coefficient (Wildman–Crippen LogP) is 2.88. The third kappa shape index (κ3) is 4.35. The number of ether oxygens (including phenoxy) is 2. The summed E-state index contributed by atoms with van der Waals surface area (Å²) >= 11 is 0. The molecule has 2 aliphatic heterocycles. The molecule has 1 fully saturated rings. The second-order valence-electron chi connectivity index (χ2n) is 7.80. The predicted molar refractivity (Wildman–Crippen MR) is 120 cm³/mol. The summed E-state index contributed by atoms with van der Waals surface area (Å²) in [4.78, 5) is 12.9. The minimum atomic E-state index is -3.53. The molecule has 0 saturated carbocycles. The van der Waals surface area contributed by atoms with Gasteiger partial charge in [0.05, 0.1) is 30.9 Å². The molecule has 1 amide bonds. The Kier molecular flexibility index (Phi) is 6.48. The lowest BCUT2D eigenvalue weighted by atomic mass is 10.0. The second kappa shape index (κ2) is 9.30. The molecule has 2 aromatic carbocycles. The first-order valence-electron chi connectivity index (χ1n) is 10.6. The second-order valence-corrected chi connectivity index (χ2v) is 9.74. The van der Waals surface area contributed by atoms with E-state index in [4.69, 9.17) is 9.47 Å². The first-order valence-corrected chi connectivity index (χ1v) is 12.0. The van der Waals surface area contributed by atoms with Crippen molar-refractivity contribution in [1.82, 2.24) is 9.31 Å². The number of amides is 1. The molecule has 2 heterocycles. The average Bonchev–Trinajstić information content (AvgIpc) is 2.84. The molecule has 170 valence electrons. The van der Waals surface area contributed by atoms with Gasteiger partial charge in [0.1, 0.15) is 0 Å². The van der Waals surface area contributed by atoms with Crippen LogP contribution in [0.2, 0.25) is 0 Å². The number of carbonyl (C=O) groups is 1. The van der Waals surface area contributed by atoms with E-state index in [1.165, 1.54) is 4.31 Å². The number of hydrogen-bond acceptors (Lipinski definition) is 6. The Hall–Kier alpha value is -2.91. The largest absolute Gasteiger partial charge is 0.493 e. The molecule has 4 rings (SSSR count). The summed E-state index contributed by atoms with van der Waals surface area (Å²) in [5.74, 6) is 1.21. The van der Waals surface area contributed by atoms with Gasteiger partial charge in [0.2, 0.25) is 15.9 Å². The fraction of sp³-hybridized carbons (Fsp3) is 0.391. The lowest BCUT2D eigenvalue weighted by Gasteiger charge is -2.37. The van der Waals surface area contributed by atoms with E-state index >= 15 is 0 Å². The van der Waals surface area contributed by atoms with Gasteiger partial charge >= 0.3 is 0 Å². The summed E-state index contributed by atoms with van der Waals surface area (Å²) in [6.45, 7) is 0.708. The van der Waals surface area contributed by atoms with Crippen molar-refractivity contribution in [2.75, 3.05) is 27.3 Å². The number of piperidine rings is 1. The van der Waals surface area contributed by atoms with Crippen LogP contribution in [0.5, 0.6) is 11.5 Å². The number of hydrazone groups is 1. The Morgan fingerprint density at radius 3 is 2.28 bits per heavy atom. The number of hydrogen-bond donors (Lipinski definition) is 0. The highest BCUT2D eigenvalue weighted by molar-refractivity contribution is 7.89. The maximum absolute atomic E-state index is 12.9. The summed E-state index contributed by atoms with van der Waals surface area (Å²) in [6, 6.07) is 13.9. The van der Waals surface area contributed by atoms with Crippen LogP contribution in [0.15, 0.2) is 58.5 Å². The van der Waals surface area contributed by atoms with Crippen molar-refractivity contribution in [3.05, 3.63) is 54.1 Å².